The number of imide groups is 1. The highest BCUT2D eigenvalue weighted by atomic mass is 16.6. The van der Waals surface area contributed by atoms with Crippen LogP contribution in [0.4, 0.5) is 0 Å². The number of hydrogen-bond acceptors (Lipinski definition) is 5. The molecule has 0 aromatic rings. The van der Waals surface area contributed by atoms with E-state index in [1.54, 1.807) is 0 Å². The fourth-order valence-electron chi connectivity index (χ4n) is 2.88. The lowest BCUT2D eigenvalue weighted by atomic mass is 10.0. The number of carbonyl (C=O) groups excluding carboxylic acids is 3. The van der Waals surface area contributed by atoms with Crippen molar-refractivity contribution in [3.63, 3.8) is 0 Å². The number of nitrogens with zero attached hydrogens (tertiary/aromatic N) is 1. The fraction of sp³-hybridized carbons (Fsp3) is 0.733. The minimum atomic E-state index is -0.880. The van der Waals surface area contributed by atoms with Gasteiger partial charge in [-0.3, -0.25) is 24.7 Å². The summed E-state index contributed by atoms with van der Waals surface area (Å²) in [6.45, 7) is 5.77. The number of fused-ring (bicyclic) bond motifs is 1. The Kier molecular flexibility index (Phi) is 5.43. The van der Waals surface area contributed by atoms with Gasteiger partial charge in [-0.25, -0.2) is 0 Å². The van der Waals surface area contributed by atoms with Crippen molar-refractivity contribution in [3.05, 3.63) is 0 Å². The Morgan fingerprint density at radius 2 is 1.88 bits per heavy atom. The summed E-state index contributed by atoms with van der Waals surface area (Å²) in [5.74, 6) is -1.46. The summed E-state index contributed by atoms with van der Waals surface area (Å²) in [6.07, 6.45) is -0.270. The normalized spacial score (nSPS) is 24.6. The number of nitrogens with one attached hydrogen (secondary N) is 3. The second kappa shape index (κ2) is 7.16. The first kappa shape index (κ1) is 18.2. The Labute approximate surface area is 140 Å². The third-order valence-electron chi connectivity index (χ3n) is 3.99. The zero-order valence-corrected chi connectivity index (χ0v) is 14.2. The quantitative estimate of drug-likeness (QED) is 0.151. The third-order valence-corrected chi connectivity index (χ3v) is 3.99. The van der Waals surface area contributed by atoms with E-state index in [9.17, 15) is 14.4 Å². The van der Waals surface area contributed by atoms with Crippen LogP contribution in [0.1, 0.15) is 40.0 Å². The molecule has 24 heavy (non-hydrogen) atoms. The molecule has 4 atom stereocenters. The van der Waals surface area contributed by atoms with E-state index in [0.29, 0.717) is 12.8 Å². The maximum Gasteiger partial charge on any atom is 0.262 e. The number of amides is 3. The number of morpholine rings is 1. The van der Waals surface area contributed by atoms with E-state index in [1.807, 2.05) is 20.8 Å². The molecule has 0 spiro atoms. The first-order chi connectivity index (χ1) is 11.3. The number of carbonyl (C=O) groups is 3. The number of nitrogens with two attached hydrogens (primary N) is 1. The number of ether oxygens (including phenoxy) is 1. The smallest absolute Gasteiger partial charge is 0.262 e. The highest BCUT2D eigenvalue weighted by Gasteiger charge is 2.63. The monoisotopic (exact) mass is 339 g/mol. The number of hydrogen-bond donors (Lipinski definition) is 4. The summed E-state index contributed by atoms with van der Waals surface area (Å²) in [6, 6.07) is -0.880. The van der Waals surface area contributed by atoms with E-state index in [1.165, 1.54) is 0 Å². The van der Waals surface area contributed by atoms with E-state index >= 15 is 0 Å². The lowest BCUT2D eigenvalue weighted by molar-refractivity contribution is -0.152. The van der Waals surface area contributed by atoms with Crippen molar-refractivity contribution >= 4 is 23.7 Å². The Morgan fingerprint density at radius 1 is 1.29 bits per heavy atom. The van der Waals surface area contributed by atoms with Crippen LogP contribution in [0.25, 0.3) is 0 Å². The Hall–Kier alpha value is -2.16. The molecule has 9 nitrogen and oxygen atoms in total. The predicted octanol–water partition coefficient (Wildman–Crippen LogP) is -0.737. The molecule has 134 valence electrons. The molecule has 0 aliphatic carbocycles. The van der Waals surface area contributed by atoms with Gasteiger partial charge in [-0.05, 0) is 18.8 Å². The summed E-state index contributed by atoms with van der Waals surface area (Å²) in [7, 11) is 0. The SMILES string of the molecule is CCCC(NC(=N)N)NC(=O)[C@H](CC(C)C)N1C(=O)[C@H]2O[C@@H]2C1=O. The summed E-state index contributed by atoms with van der Waals surface area (Å²) in [5.41, 5.74) is 5.33. The molecule has 5 N–H and O–H groups in total. The van der Waals surface area contributed by atoms with Gasteiger partial charge in [-0.1, -0.05) is 27.2 Å². The van der Waals surface area contributed by atoms with Crippen LogP contribution in [-0.4, -0.2) is 53.0 Å². The van der Waals surface area contributed by atoms with Crippen molar-refractivity contribution in [2.24, 2.45) is 11.7 Å². The van der Waals surface area contributed by atoms with Crippen molar-refractivity contribution in [3.8, 4) is 0 Å². The van der Waals surface area contributed by atoms with E-state index in [4.69, 9.17) is 15.9 Å². The molecule has 0 radical (unpaired) electrons. The number of likely N-dealkylation sites (tertiary alicyclic amines) is 1. The maximum atomic E-state index is 12.7. The van der Waals surface area contributed by atoms with Gasteiger partial charge in [0.15, 0.2) is 18.2 Å². The lowest BCUT2D eigenvalue weighted by Gasteiger charge is -2.30. The van der Waals surface area contributed by atoms with Crippen LogP contribution in [0.5, 0.6) is 0 Å². The van der Waals surface area contributed by atoms with E-state index in [2.05, 4.69) is 10.6 Å². The van der Waals surface area contributed by atoms with Crippen molar-refractivity contribution in [2.45, 2.75) is 64.4 Å². The van der Waals surface area contributed by atoms with Crippen LogP contribution in [0.3, 0.4) is 0 Å². The van der Waals surface area contributed by atoms with Crippen LogP contribution < -0.4 is 16.4 Å². The standard InChI is InChI=1S/C15H25N5O4/c1-4-5-9(19-15(16)17)18-12(21)8(6-7(2)3)20-13(22)10-11(24-10)14(20)23/h7-11H,4-6H2,1-3H3,(H,18,21)(H4,16,17,19)/t8-,9?,10-,11-/m0/s1. The van der Waals surface area contributed by atoms with Gasteiger partial charge in [-0.2, -0.15) is 0 Å². The molecule has 2 heterocycles. The molecule has 0 aromatic heterocycles. The number of epoxide rings is 1. The average Bonchev–Trinajstić information content (AvgIpc) is 3.21. The summed E-state index contributed by atoms with van der Waals surface area (Å²) in [5, 5.41) is 12.7. The highest BCUT2D eigenvalue weighted by molar-refractivity contribution is 6.13. The molecule has 2 rings (SSSR count). The van der Waals surface area contributed by atoms with Gasteiger partial charge in [-0.15, -0.1) is 0 Å². The van der Waals surface area contributed by atoms with Gasteiger partial charge >= 0.3 is 0 Å². The minimum absolute atomic E-state index is 0.115. The van der Waals surface area contributed by atoms with Crippen LogP contribution in [0, 0.1) is 11.3 Å². The fourth-order valence-corrected chi connectivity index (χ4v) is 2.88. The molecule has 2 fully saturated rings. The zero-order chi connectivity index (χ0) is 18.0. The Bertz CT molecular complexity index is 530. The topological polar surface area (TPSA) is 141 Å². The molecular weight excluding hydrogens is 314 g/mol. The molecule has 2 aliphatic rings. The van der Waals surface area contributed by atoms with Crippen LogP contribution in [0.2, 0.25) is 0 Å². The van der Waals surface area contributed by atoms with Gasteiger partial charge in [0.05, 0.1) is 0 Å². The molecule has 0 saturated carbocycles. The minimum Gasteiger partial charge on any atom is -0.370 e. The van der Waals surface area contributed by atoms with E-state index in [0.717, 1.165) is 11.3 Å². The highest BCUT2D eigenvalue weighted by Crippen LogP contribution is 2.35. The van der Waals surface area contributed by atoms with Gasteiger partial charge in [0, 0.05) is 0 Å². The van der Waals surface area contributed by atoms with Crippen LogP contribution in [0.15, 0.2) is 0 Å². The summed E-state index contributed by atoms with van der Waals surface area (Å²) >= 11 is 0. The van der Waals surface area contributed by atoms with Gasteiger partial charge in [0.2, 0.25) is 5.91 Å². The molecule has 0 bridgehead atoms. The Balaban J connectivity index is 2.11. The Morgan fingerprint density at radius 3 is 2.33 bits per heavy atom. The summed E-state index contributed by atoms with van der Waals surface area (Å²) < 4.78 is 4.99. The average molecular weight is 339 g/mol. The van der Waals surface area contributed by atoms with E-state index < -0.39 is 42.1 Å². The number of guanidine groups is 1. The molecule has 2 aliphatic heterocycles. The predicted molar refractivity (Wildman–Crippen MR) is 85.6 cm³/mol. The number of rotatable bonds is 8. The lowest BCUT2D eigenvalue weighted by Crippen LogP contribution is -2.57. The van der Waals surface area contributed by atoms with Gasteiger partial charge < -0.3 is 21.1 Å². The first-order valence-corrected chi connectivity index (χ1v) is 8.19. The second-order valence-electron chi connectivity index (χ2n) is 6.58. The van der Waals surface area contributed by atoms with Gasteiger partial charge in [0.1, 0.15) is 12.2 Å². The molecular formula is C15H25N5O4. The molecule has 0 aromatic carbocycles. The van der Waals surface area contributed by atoms with Gasteiger partial charge in [0.25, 0.3) is 11.8 Å². The maximum absolute atomic E-state index is 12.7. The zero-order valence-electron chi connectivity index (χ0n) is 14.2. The van der Waals surface area contributed by atoms with Crippen molar-refractivity contribution in [1.82, 2.24) is 15.5 Å². The van der Waals surface area contributed by atoms with E-state index in [-0.39, 0.29) is 11.9 Å². The summed E-state index contributed by atoms with van der Waals surface area (Å²) in [4.78, 5) is 38.1. The largest absolute Gasteiger partial charge is 0.370 e. The van der Waals surface area contributed by atoms with Crippen molar-refractivity contribution in [2.75, 3.05) is 0 Å². The molecule has 1 unspecified atom stereocenters. The molecule has 9 heteroatoms. The van der Waals surface area contributed by atoms with Crippen LogP contribution >= 0.6 is 0 Å². The molecule has 3 amide bonds. The van der Waals surface area contributed by atoms with Crippen LogP contribution in [-0.2, 0) is 19.1 Å². The first-order valence-electron chi connectivity index (χ1n) is 8.19. The molecule has 2 saturated heterocycles. The second-order valence-corrected chi connectivity index (χ2v) is 6.58. The van der Waals surface area contributed by atoms with Crippen molar-refractivity contribution < 1.29 is 19.1 Å². The third kappa shape index (κ3) is 3.84. The van der Waals surface area contributed by atoms with Crippen molar-refractivity contribution in [1.29, 1.82) is 5.41 Å².